The van der Waals surface area contributed by atoms with Crippen molar-refractivity contribution in [1.82, 2.24) is 14.5 Å². The average molecular weight is 398 g/mol. The van der Waals surface area contributed by atoms with Gasteiger partial charge in [0.05, 0.1) is 12.8 Å². The van der Waals surface area contributed by atoms with Crippen molar-refractivity contribution in [2.24, 2.45) is 0 Å². The fraction of sp³-hybridized carbons (Fsp3) is 0.0769. The summed E-state index contributed by atoms with van der Waals surface area (Å²) in [7, 11) is 1.58. The Morgan fingerprint density at radius 2 is 1.95 bits per heavy atom. The van der Waals surface area contributed by atoms with E-state index in [2.05, 4.69) is 41.8 Å². The molecular weight excluding hydrogens is 388 g/mol. The first-order valence-corrected chi connectivity index (χ1v) is 7.33. The maximum Gasteiger partial charge on any atom is 0.215 e. The van der Waals surface area contributed by atoms with Crippen LogP contribution in [0.3, 0.4) is 0 Å². The number of hydrogen-bond acceptors (Lipinski definition) is 4. The molecule has 2 N–H and O–H groups in total. The van der Waals surface area contributed by atoms with E-state index in [1.807, 2.05) is 24.3 Å². The van der Waals surface area contributed by atoms with E-state index in [4.69, 9.17) is 10.5 Å². The van der Waals surface area contributed by atoms with E-state index in [1.54, 1.807) is 17.7 Å². The molecule has 0 aliphatic rings. The molecule has 2 aromatic heterocycles. The van der Waals surface area contributed by atoms with Crippen LogP contribution in [0.2, 0.25) is 0 Å². The Kier molecular flexibility index (Phi) is 3.39. The number of nitrogens with two attached hydrogens (primary N) is 1. The highest BCUT2D eigenvalue weighted by molar-refractivity contribution is 9.11. The van der Waals surface area contributed by atoms with E-state index in [-0.39, 0.29) is 0 Å². The molecule has 3 aromatic rings. The lowest BCUT2D eigenvalue weighted by atomic mass is 10.3. The van der Waals surface area contributed by atoms with Crippen LogP contribution in [-0.2, 0) is 0 Å². The standard InChI is InChI=1S/C13H10Br2N4O/c1-20-11-5-4-9-12(18-11)19(13(16)17-9)10-6-7(14)2-3-8(10)15/h2-6H,1H3,(H2,16,17). The van der Waals surface area contributed by atoms with Gasteiger partial charge in [0.15, 0.2) is 5.65 Å². The summed E-state index contributed by atoms with van der Waals surface area (Å²) < 4.78 is 8.79. The number of imidazole rings is 1. The summed E-state index contributed by atoms with van der Waals surface area (Å²) in [5.41, 5.74) is 8.26. The normalized spacial score (nSPS) is 10.9. The number of nitrogen functional groups attached to an aromatic ring is 1. The van der Waals surface area contributed by atoms with Gasteiger partial charge in [0.2, 0.25) is 11.8 Å². The van der Waals surface area contributed by atoms with Crippen LogP contribution in [-0.4, -0.2) is 21.6 Å². The Hall–Kier alpha value is -1.60. The number of fused-ring (bicyclic) bond motifs is 1. The van der Waals surface area contributed by atoms with Gasteiger partial charge in [-0.3, -0.25) is 4.57 Å². The lowest BCUT2D eigenvalue weighted by Gasteiger charge is -2.09. The Balaban J connectivity index is 2.34. The van der Waals surface area contributed by atoms with Gasteiger partial charge in [-0.2, -0.15) is 4.98 Å². The zero-order chi connectivity index (χ0) is 14.3. The van der Waals surface area contributed by atoms with Crippen LogP contribution in [0.25, 0.3) is 16.9 Å². The molecule has 0 saturated carbocycles. The molecule has 0 aliphatic heterocycles. The molecule has 5 nitrogen and oxygen atoms in total. The third-order valence-electron chi connectivity index (χ3n) is 2.86. The van der Waals surface area contributed by atoms with Crippen molar-refractivity contribution in [2.75, 3.05) is 12.8 Å². The number of ether oxygens (including phenoxy) is 1. The Labute approximate surface area is 132 Å². The number of benzene rings is 1. The van der Waals surface area contributed by atoms with Crippen molar-refractivity contribution < 1.29 is 4.74 Å². The van der Waals surface area contributed by atoms with Gasteiger partial charge in [-0.05, 0) is 40.2 Å². The van der Waals surface area contributed by atoms with Gasteiger partial charge in [-0.15, -0.1) is 0 Å². The van der Waals surface area contributed by atoms with Crippen molar-refractivity contribution in [3.05, 3.63) is 39.3 Å². The summed E-state index contributed by atoms with van der Waals surface area (Å²) in [4.78, 5) is 8.75. The van der Waals surface area contributed by atoms with Crippen molar-refractivity contribution in [1.29, 1.82) is 0 Å². The van der Waals surface area contributed by atoms with Crippen LogP contribution in [0.5, 0.6) is 5.88 Å². The Bertz CT molecular complexity index is 800. The molecule has 0 unspecified atom stereocenters. The number of nitrogens with zero attached hydrogens (tertiary/aromatic N) is 3. The van der Waals surface area contributed by atoms with E-state index < -0.39 is 0 Å². The van der Waals surface area contributed by atoms with Gasteiger partial charge in [0, 0.05) is 15.0 Å². The third kappa shape index (κ3) is 2.16. The predicted octanol–water partition coefficient (Wildman–Crippen LogP) is 3.54. The molecule has 0 saturated heterocycles. The largest absolute Gasteiger partial charge is 0.481 e. The number of pyridine rings is 1. The van der Waals surface area contributed by atoms with Gasteiger partial charge in [-0.1, -0.05) is 15.9 Å². The summed E-state index contributed by atoms with van der Waals surface area (Å²) in [6.45, 7) is 0. The monoisotopic (exact) mass is 396 g/mol. The predicted molar refractivity (Wildman–Crippen MR) is 85.2 cm³/mol. The molecule has 0 bridgehead atoms. The molecule has 20 heavy (non-hydrogen) atoms. The van der Waals surface area contributed by atoms with Crippen molar-refractivity contribution >= 4 is 49.0 Å². The van der Waals surface area contributed by atoms with Gasteiger partial charge in [0.1, 0.15) is 5.52 Å². The first kappa shape index (κ1) is 13.4. The fourth-order valence-corrected chi connectivity index (χ4v) is 2.74. The van der Waals surface area contributed by atoms with Gasteiger partial charge in [0.25, 0.3) is 0 Å². The van der Waals surface area contributed by atoms with Crippen molar-refractivity contribution in [3.63, 3.8) is 0 Å². The minimum absolute atomic E-state index is 0.375. The molecule has 1 aromatic carbocycles. The SMILES string of the molecule is COc1ccc2nc(N)n(-c3cc(Br)ccc3Br)c2n1. The number of halogens is 2. The van der Waals surface area contributed by atoms with Gasteiger partial charge in [-0.25, -0.2) is 4.98 Å². The first-order chi connectivity index (χ1) is 9.60. The highest BCUT2D eigenvalue weighted by Crippen LogP contribution is 2.30. The second kappa shape index (κ2) is 5.06. The molecule has 0 atom stereocenters. The summed E-state index contributed by atoms with van der Waals surface area (Å²) in [6, 6.07) is 9.42. The zero-order valence-electron chi connectivity index (χ0n) is 10.5. The number of rotatable bonds is 2. The fourth-order valence-electron chi connectivity index (χ4n) is 1.97. The highest BCUT2D eigenvalue weighted by Gasteiger charge is 2.14. The maximum absolute atomic E-state index is 6.03. The van der Waals surface area contributed by atoms with E-state index in [1.165, 1.54) is 0 Å². The second-order valence-electron chi connectivity index (χ2n) is 4.10. The Morgan fingerprint density at radius 3 is 2.70 bits per heavy atom. The maximum atomic E-state index is 6.03. The van der Waals surface area contributed by atoms with E-state index in [0.717, 1.165) is 20.1 Å². The lowest BCUT2D eigenvalue weighted by molar-refractivity contribution is 0.399. The topological polar surface area (TPSA) is 66.0 Å². The first-order valence-electron chi connectivity index (χ1n) is 5.74. The second-order valence-corrected chi connectivity index (χ2v) is 5.87. The van der Waals surface area contributed by atoms with E-state index in [9.17, 15) is 0 Å². The molecule has 0 aliphatic carbocycles. The van der Waals surface area contributed by atoms with Crippen molar-refractivity contribution in [2.45, 2.75) is 0 Å². The third-order valence-corrected chi connectivity index (χ3v) is 4.03. The highest BCUT2D eigenvalue weighted by atomic mass is 79.9. The zero-order valence-corrected chi connectivity index (χ0v) is 13.6. The number of hydrogen-bond donors (Lipinski definition) is 1. The lowest BCUT2D eigenvalue weighted by Crippen LogP contribution is -2.02. The molecule has 0 amide bonds. The molecule has 3 rings (SSSR count). The number of methoxy groups -OCH3 is 1. The number of anilines is 1. The van der Waals surface area contributed by atoms with Crippen LogP contribution in [0.4, 0.5) is 5.95 Å². The summed E-state index contributed by atoms with van der Waals surface area (Å²) in [6.07, 6.45) is 0. The van der Waals surface area contributed by atoms with E-state index in [0.29, 0.717) is 17.5 Å². The number of aromatic nitrogens is 3. The molecule has 0 spiro atoms. The van der Waals surface area contributed by atoms with Crippen molar-refractivity contribution in [3.8, 4) is 11.6 Å². The van der Waals surface area contributed by atoms with Crippen LogP contribution in [0.15, 0.2) is 39.3 Å². The van der Waals surface area contributed by atoms with Crippen LogP contribution in [0.1, 0.15) is 0 Å². The summed E-state index contributed by atoms with van der Waals surface area (Å²) >= 11 is 6.98. The molecule has 0 radical (unpaired) electrons. The van der Waals surface area contributed by atoms with Crippen LogP contribution in [0, 0.1) is 0 Å². The van der Waals surface area contributed by atoms with E-state index >= 15 is 0 Å². The Morgan fingerprint density at radius 1 is 1.15 bits per heavy atom. The molecule has 102 valence electrons. The molecule has 2 heterocycles. The van der Waals surface area contributed by atoms with Gasteiger partial charge < -0.3 is 10.5 Å². The quantitative estimate of drug-likeness (QED) is 0.718. The minimum atomic E-state index is 0.375. The molecule has 0 fully saturated rings. The molecular formula is C13H10Br2N4O. The van der Waals surface area contributed by atoms with Gasteiger partial charge >= 0.3 is 0 Å². The van der Waals surface area contributed by atoms with Crippen LogP contribution >= 0.6 is 31.9 Å². The minimum Gasteiger partial charge on any atom is -0.481 e. The summed E-state index contributed by atoms with van der Waals surface area (Å²) in [5.74, 6) is 0.893. The summed E-state index contributed by atoms with van der Waals surface area (Å²) in [5, 5.41) is 0. The molecule has 7 heteroatoms. The smallest absolute Gasteiger partial charge is 0.215 e. The average Bonchev–Trinajstić information content (AvgIpc) is 2.76. The van der Waals surface area contributed by atoms with Crippen LogP contribution < -0.4 is 10.5 Å².